The van der Waals surface area contributed by atoms with Gasteiger partial charge in [0, 0.05) is 12.4 Å². The van der Waals surface area contributed by atoms with E-state index < -0.39 is 5.60 Å². The number of hydrogen-bond acceptors (Lipinski definition) is 3. The molecule has 3 heteroatoms. The zero-order valence-electron chi connectivity index (χ0n) is 9.22. The van der Waals surface area contributed by atoms with Crippen LogP contribution in [0.25, 0.3) is 11.0 Å². The van der Waals surface area contributed by atoms with Crippen LogP contribution in [0.4, 0.5) is 0 Å². The summed E-state index contributed by atoms with van der Waals surface area (Å²) < 4.78 is 0. The Morgan fingerprint density at radius 1 is 1.31 bits per heavy atom. The van der Waals surface area contributed by atoms with E-state index in [1.165, 1.54) is 0 Å². The van der Waals surface area contributed by atoms with Crippen LogP contribution in [0.3, 0.4) is 0 Å². The summed E-state index contributed by atoms with van der Waals surface area (Å²) in [6.45, 7) is 2.11. The first-order valence-electron chi connectivity index (χ1n) is 5.67. The number of nitrogens with zero attached hydrogens (tertiary/aromatic N) is 2. The lowest BCUT2D eigenvalue weighted by Crippen LogP contribution is -2.08. The summed E-state index contributed by atoms with van der Waals surface area (Å²) in [4.78, 5) is 8.48. The van der Waals surface area contributed by atoms with Crippen LogP contribution in [0.5, 0.6) is 0 Å². The van der Waals surface area contributed by atoms with Crippen molar-refractivity contribution in [2.45, 2.75) is 25.4 Å². The molecule has 1 aromatic heterocycles. The maximum absolute atomic E-state index is 10.4. The lowest BCUT2D eigenvalue weighted by atomic mass is 10.0. The molecule has 0 bridgehead atoms. The molecule has 0 amide bonds. The Morgan fingerprint density at radius 2 is 2.06 bits per heavy atom. The topological polar surface area (TPSA) is 46.0 Å². The fourth-order valence-corrected chi connectivity index (χ4v) is 2.38. The Labute approximate surface area is 94.2 Å². The molecule has 0 aliphatic heterocycles. The number of rotatable bonds is 2. The highest BCUT2D eigenvalue weighted by Gasteiger charge is 2.52. The van der Waals surface area contributed by atoms with Crippen LogP contribution in [0, 0.1) is 5.92 Å². The van der Waals surface area contributed by atoms with E-state index in [-0.39, 0.29) is 0 Å². The second-order valence-corrected chi connectivity index (χ2v) is 4.49. The highest BCUT2D eigenvalue weighted by atomic mass is 16.3. The van der Waals surface area contributed by atoms with Gasteiger partial charge in [0.25, 0.3) is 0 Å². The van der Waals surface area contributed by atoms with Crippen LogP contribution in [0.1, 0.15) is 25.3 Å². The minimum absolute atomic E-state index is 0.404. The lowest BCUT2D eigenvalue weighted by Gasteiger charge is -2.10. The zero-order chi connectivity index (χ0) is 11.2. The number of aliphatic hydroxyl groups is 1. The van der Waals surface area contributed by atoms with Crippen LogP contribution in [0.15, 0.2) is 30.6 Å². The molecule has 1 N–H and O–H groups in total. The first kappa shape index (κ1) is 9.73. The molecule has 0 spiro atoms. The molecule has 82 valence electrons. The Kier molecular flexibility index (Phi) is 1.98. The third kappa shape index (κ3) is 1.32. The van der Waals surface area contributed by atoms with E-state index in [0.717, 1.165) is 29.4 Å². The maximum atomic E-state index is 10.4. The molecule has 0 saturated heterocycles. The lowest BCUT2D eigenvalue weighted by molar-refractivity contribution is 0.130. The van der Waals surface area contributed by atoms with Gasteiger partial charge in [-0.3, -0.25) is 9.97 Å². The van der Waals surface area contributed by atoms with E-state index in [4.69, 9.17) is 0 Å². The van der Waals surface area contributed by atoms with Gasteiger partial charge >= 0.3 is 0 Å². The van der Waals surface area contributed by atoms with E-state index in [0.29, 0.717) is 5.92 Å². The van der Waals surface area contributed by atoms with Crippen LogP contribution < -0.4 is 0 Å². The fourth-order valence-electron chi connectivity index (χ4n) is 2.38. The van der Waals surface area contributed by atoms with Gasteiger partial charge in [-0.05, 0) is 30.0 Å². The Bertz CT molecular complexity index is 540. The van der Waals surface area contributed by atoms with Crippen LogP contribution in [-0.2, 0) is 5.60 Å². The van der Waals surface area contributed by atoms with E-state index in [1.807, 2.05) is 18.2 Å². The van der Waals surface area contributed by atoms with Gasteiger partial charge in [-0.2, -0.15) is 0 Å². The first-order valence-corrected chi connectivity index (χ1v) is 5.67. The van der Waals surface area contributed by atoms with Crippen LogP contribution >= 0.6 is 0 Å². The van der Waals surface area contributed by atoms with Crippen LogP contribution in [-0.4, -0.2) is 15.1 Å². The molecule has 1 aromatic carbocycles. The minimum atomic E-state index is -0.611. The van der Waals surface area contributed by atoms with Gasteiger partial charge in [0.2, 0.25) is 0 Å². The average Bonchev–Trinajstić information content (AvgIpc) is 3.01. The standard InChI is InChI=1S/C13H14N2O/c1-2-9-8-13(9,16)10-3-4-11-12(7-10)15-6-5-14-11/h3-7,9,16H,2,8H2,1H3. The summed E-state index contributed by atoms with van der Waals surface area (Å²) in [5.41, 5.74) is 2.10. The average molecular weight is 214 g/mol. The van der Waals surface area contributed by atoms with Crippen LogP contribution in [0.2, 0.25) is 0 Å². The monoisotopic (exact) mass is 214 g/mol. The molecular formula is C13H14N2O. The number of fused-ring (bicyclic) bond motifs is 1. The second kappa shape index (κ2) is 3.25. The summed E-state index contributed by atoms with van der Waals surface area (Å²) in [5.74, 6) is 0.404. The van der Waals surface area contributed by atoms with Crippen molar-refractivity contribution in [2.75, 3.05) is 0 Å². The van der Waals surface area contributed by atoms with Gasteiger partial charge < -0.3 is 5.11 Å². The molecule has 1 heterocycles. The highest BCUT2D eigenvalue weighted by Crippen LogP contribution is 2.53. The Hall–Kier alpha value is -1.48. The number of aromatic nitrogens is 2. The van der Waals surface area contributed by atoms with Gasteiger partial charge in [0.05, 0.1) is 16.6 Å². The molecule has 2 unspecified atom stereocenters. The van der Waals surface area contributed by atoms with Crippen molar-refractivity contribution in [3.63, 3.8) is 0 Å². The van der Waals surface area contributed by atoms with Gasteiger partial charge in [0.1, 0.15) is 0 Å². The van der Waals surface area contributed by atoms with Gasteiger partial charge in [-0.1, -0.05) is 19.4 Å². The van der Waals surface area contributed by atoms with E-state index in [9.17, 15) is 5.11 Å². The largest absolute Gasteiger partial charge is 0.385 e. The third-order valence-corrected chi connectivity index (χ3v) is 3.53. The van der Waals surface area contributed by atoms with Crippen molar-refractivity contribution in [1.82, 2.24) is 9.97 Å². The molecular weight excluding hydrogens is 200 g/mol. The predicted octanol–water partition coefficient (Wildman–Crippen LogP) is 2.25. The molecule has 16 heavy (non-hydrogen) atoms. The molecule has 2 aromatic rings. The van der Waals surface area contributed by atoms with E-state index in [1.54, 1.807) is 12.4 Å². The quantitative estimate of drug-likeness (QED) is 0.834. The fraction of sp³-hybridized carbons (Fsp3) is 0.385. The molecule has 1 aliphatic rings. The van der Waals surface area contributed by atoms with Crippen molar-refractivity contribution in [3.05, 3.63) is 36.2 Å². The Morgan fingerprint density at radius 3 is 2.75 bits per heavy atom. The molecule has 1 fully saturated rings. The van der Waals surface area contributed by atoms with Gasteiger partial charge in [0.15, 0.2) is 0 Å². The highest BCUT2D eigenvalue weighted by molar-refractivity contribution is 5.74. The normalized spacial score (nSPS) is 28.2. The first-order chi connectivity index (χ1) is 7.74. The van der Waals surface area contributed by atoms with Crippen molar-refractivity contribution in [1.29, 1.82) is 0 Å². The summed E-state index contributed by atoms with van der Waals surface area (Å²) in [6.07, 6.45) is 5.26. The summed E-state index contributed by atoms with van der Waals surface area (Å²) in [6, 6.07) is 5.85. The SMILES string of the molecule is CCC1CC1(O)c1ccc2nccnc2c1. The van der Waals surface area contributed by atoms with Crippen molar-refractivity contribution in [3.8, 4) is 0 Å². The van der Waals surface area contributed by atoms with Gasteiger partial charge in [-0.15, -0.1) is 0 Å². The maximum Gasteiger partial charge on any atom is 0.0930 e. The second-order valence-electron chi connectivity index (χ2n) is 4.49. The summed E-state index contributed by atoms with van der Waals surface area (Å²) in [5, 5.41) is 10.4. The van der Waals surface area contributed by atoms with Crippen molar-refractivity contribution < 1.29 is 5.11 Å². The van der Waals surface area contributed by atoms with Crippen molar-refractivity contribution >= 4 is 11.0 Å². The third-order valence-electron chi connectivity index (χ3n) is 3.53. The molecule has 1 aliphatic carbocycles. The molecule has 3 rings (SSSR count). The minimum Gasteiger partial charge on any atom is -0.385 e. The number of hydrogen-bond donors (Lipinski definition) is 1. The predicted molar refractivity (Wildman–Crippen MR) is 61.8 cm³/mol. The molecule has 0 radical (unpaired) electrons. The Balaban J connectivity index is 2.06. The zero-order valence-corrected chi connectivity index (χ0v) is 9.22. The summed E-state index contributed by atoms with van der Waals surface area (Å²) >= 11 is 0. The summed E-state index contributed by atoms with van der Waals surface area (Å²) in [7, 11) is 0. The molecule has 2 atom stereocenters. The van der Waals surface area contributed by atoms with E-state index in [2.05, 4.69) is 16.9 Å². The smallest absolute Gasteiger partial charge is 0.0930 e. The number of benzene rings is 1. The molecule has 3 nitrogen and oxygen atoms in total. The van der Waals surface area contributed by atoms with E-state index >= 15 is 0 Å². The van der Waals surface area contributed by atoms with Crippen molar-refractivity contribution in [2.24, 2.45) is 5.92 Å². The van der Waals surface area contributed by atoms with Gasteiger partial charge in [-0.25, -0.2) is 0 Å². The molecule has 1 saturated carbocycles.